The molecule has 2 aromatic rings. The van der Waals surface area contributed by atoms with Crippen molar-refractivity contribution in [2.24, 2.45) is 0 Å². The molecule has 0 bridgehead atoms. The van der Waals surface area contributed by atoms with Gasteiger partial charge in [0, 0.05) is 13.0 Å². The van der Waals surface area contributed by atoms with Gasteiger partial charge in [0.15, 0.2) is 0 Å². The number of aromatic nitrogens is 2. The number of likely N-dealkylation sites (N-methyl/N-ethyl adjacent to an activating group) is 1. The molecule has 4 nitrogen and oxygen atoms in total. The summed E-state index contributed by atoms with van der Waals surface area (Å²) in [5.74, 6) is 0.395. The summed E-state index contributed by atoms with van der Waals surface area (Å²) in [5, 5.41) is 10.7. The van der Waals surface area contributed by atoms with Crippen molar-refractivity contribution in [2.75, 3.05) is 13.6 Å². The Labute approximate surface area is 98.9 Å². The molecule has 0 fully saturated rings. The highest BCUT2D eigenvalue weighted by molar-refractivity contribution is 5.54. The highest BCUT2D eigenvalue weighted by atomic mass is 19.1. The van der Waals surface area contributed by atoms with E-state index in [1.807, 2.05) is 14.0 Å². The molecule has 0 atom stereocenters. The Balaban J connectivity index is 2.27. The molecule has 0 spiro atoms. The topological polar surface area (TPSA) is 51.0 Å². The third kappa shape index (κ3) is 2.68. The first-order valence-electron chi connectivity index (χ1n) is 5.44. The second kappa shape index (κ2) is 5.05. The Morgan fingerprint density at radius 1 is 1.35 bits per heavy atom. The lowest BCUT2D eigenvalue weighted by Crippen LogP contribution is -2.10. The Morgan fingerprint density at radius 3 is 2.94 bits per heavy atom. The van der Waals surface area contributed by atoms with E-state index in [-0.39, 0.29) is 11.7 Å². The maximum Gasteiger partial charge on any atom is 0.250 e. The van der Waals surface area contributed by atoms with Crippen molar-refractivity contribution in [3.05, 3.63) is 35.5 Å². The van der Waals surface area contributed by atoms with E-state index in [0.717, 1.165) is 12.1 Å². The molecule has 0 radical (unpaired) electrons. The van der Waals surface area contributed by atoms with Crippen LogP contribution in [0.1, 0.15) is 11.5 Å². The first-order chi connectivity index (χ1) is 8.20. The monoisotopic (exact) mass is 235 g/mol. The average molecular weight is 235 g/mol. The Hall–Kier alpha value is -1.75. The van der Waals surface area contributed by atoms with Crippen LogP contribution in [0.5, 0.6) is 0 Å². The van der Waals surface area contributed by atoms with Crippen molar-refractivity contribution < 1.29 is 8.81 Å². The second-order valence-corrected chi connectivity index (χ2v) is 3.84. The summed E-state index contributed by atoms with van der Waals surface area (Å²) < 4.78 is 19.0. The minimum Gasteiger partial charge on any atom is -0.421 e. The third-order valence-electron chi connectivity index (χ3n) is 2.41. The summed E-state index contributed by atoms with van der Waals surface area (Å²) in [6.07, 6.45) is 0.636. The number of rotatable bonds is 4. The zero-order valence-electron chi connectivity index (χ0n) is 9.83. The lowest BCUT2D eigenvalue weighted by atomic mass is 10.1. The second-order valence-electron chi connectivity index (χ2n) is 3.84. The summed E-state index contributed by atoms with van der Waals surface area (Å²) in [6, 6.07) is 4.81. The van der Waals surface area contributed by atoms with Crippen LogP contribution in [-0.4, -0.2) is 23.8 Å². The molecule has 0 saturated carbocycles. The maximum atomic E-state index is 13.6. The zero-order valence-corrected chi connectivity index (χ0v) is 9.83. The van der Waals surface area contributed by atoms with E-state index in [2.05, 4.69) is 15.5 Å². The molecule has 0 aliphatic rings. The van der Waals surface area contributed by atoms with Gasteiger partial charge < -0.3 is 9.73 Å². The summed E-state index contributed by atoms with van der Waals surface area (Å²) in [5.41, 5.74) is 1.31. The fourth-order valence-electron chi connectivity index (χ4n) is 1.50. The van der Waals surface area contributed by atoms with Gasteiger partial charge in [-0.15, -0.1) is 10.2 Å². The average Bonchev–Trinajstić information content (AvgIpc) is 2.78. The Morgan fingerprint density at radius 2 is 2.18 bits per heavy atom. The molecular formula is C12H14FN3O. The van der Waals surface area contributed by atoms with E-state index in [0.29, 0.717) is 17.9 Å². The molecule has 0 amide bonds. The Bertz CT molecular complexity index is 510. The number of nitrogens with zero attached hydrogens (tertiary/aromatic N) is 2. The normalized spacial score (nSPS) is 10.8. The lowest BCUT2D eigenvalue weighted by Gasteiger charge is -1.99. The van der Waals surface area contributed by atoms with Crippen LogP contribution in [0, 0.1) is 12.7 Å². The van der Waals surface area contributed by atoms with Crippen LogP contribution >= 0.6 is 0 Å². The fourth-order valence-corrected chi connectivity index (χ4v) is 1.50. The fraction of sp³-hybridized carbons (Fsp3) is 0.333. The summed E-state index contributed by atoms with van der Waals surface area (Å²) in [6.45, 7) is 2.64. The number of hydrogen-bond acceptors (Lipinski definition) is 4. The molecule has 1 heterocycles. The van der Waals surface area contributed by atoms with E-state index in [1.165, 1.54) is 6.07 Å². The molecule has 0 unspecified atom stereocenters. The van der Waals surface area contributed by atoms with Gasteiger partial charge in [-0.25, -0.2) is 4.39 Å². The molecule has 1 N–H and O–H groups in total. The summed E-state index contributed by atoms with van der Waals surface area (Å²) in [7, 11) is 1.84. The van der Waals surface area contributed by atoms with Gasteiger partial charge in [0.25, 0.3) is 5.89 Å². The van der Waals surface area contributed by atoms with Crippen LogP contribution < -0.4 is 5.32 Å². The smallest absolute Gasteiger partial charge is 0.250 e. The maximum absolute atomic E-state index is 13.6. The Kier molecular flexibility index (Phi) is 3.49. The first kappa shape index (κ1) is 11.7. The van der Waals surface area contributed by atoms with Crippen molar-refractivity contribution in [3.63, 3.8) is 0 Å². The van der Waals surface area contributed by atoms with Crippen molar-refractivity contribution >= 4 is 0 Å². The van der Waals surface area contributed by atoms with E-state index in [1.54, 1.807) is 12.1 Å². The number of aryl methyl sites for hydroxylation is 1. The molecular weight excluding hydrogens is 221 g/mol. The first-order valence-corrected chi connectivity index (χ1v) is 5.44. The molecule has 1 aromatic carbocycles. The van der Waals surface area contributed by atoms with Gasteiger partial charge in [0.2, 0.25) is 5.89 Å². The lowest BCUT2D eigenvalue weighted by molar-refractivity contribution is 0.496. The molecule has 0 saturated heterocycles. The van der Waals surface area contributed by atoms with Crippen LogP contribution in [0.2, 0.25) is 0 Å². The number of halogens is 1. The standard InChI is InChI=1S/C12H14FN3O/c1-8-3-4-10(13)9(7-8)12-16-15-11(17-12)5-6-14-2/h3-4,7,14H,5-6H2,1-2H3. The minimum atomic E-state index is -0.348. The van der Waals surface area contributed by atoms with Crippen molar-refractivity contribution in [1.82, 2.24) is 15.5 Å². The van der Waals surface area contributed by atoms with Crippen LogP contribution in [0.3, 0.4) is 0 Å². The number of nitrogens with one attached hydrogen (secondary N) is 1. The van der Waals surface area contributed by atoms with Crippen LogP contribution in [0.25, 0.3) is 11.5 Å². The van der Waals surface area contributed by atoms with Crippen LogP contribution in [0.15, 0.2) is 22.6 Å². The van der Waals surface area contributed by atoms with Crippen molar-refractivity contribution in [3.8, 4) is 11.5 Å². The summed E-state index contributed by atoms with van der Waals surface area (Å²) >= 11 is 0. The molecule has 1 aromatic heterocycles. The van der Waals surface area contributed by atoms with Crippen molar-refractivity contribution in [2.45, 2.75) is 13.3 Å². The van der Waals surface area contributed by atoms with Gasteiger partial charge >= 0.3 is 0 Å². The predicted octanol–water partition coefficient (Wildman–Crippen LogP) is 1.95. The van der Waals surface area contributed by atoms with Gasteiger partial charge in [-0.3, -0.25) is 0 Å². The quantitative estimate of drug-likeness (QED) is 0.880. The van der Waals surface area contributed by atoms with E-state index in [9.17, 15) is 4.39 Å². The predicted molar refractivity (Wildman–Crippen MR) is 62.1 cm³/mol. The molecule has 5 heteroatoms. The zero-order chi connectivity index (χ0) is 12.3. The highest BCUT2D eigenvalue weighted by Gasteiger charge is 2.12. The van der Waals surface area contributed by atoms with Gasteiger partial charge in [-0.1, -0.05) is 11.6 Å². The SMILES string of the molecule is CNCCc1nnc(-c2cc(C)ccc2F)o1. The van der Waals surface area contributed by atoms with E-state index in [4.69, 9.17) is 4.42 Å². The third-order valence-corrected chi connectivity index (χ3v) is 2.41. The molecule has 0 aliphatic carbocycles. The van der Waals surface area contributed by atoms with Crippen LogP contribution in [0.4, 0.5) is 4.39 Å². The van der Waals surface area contributed by atoms with Crippen molar-refractivity contribution in [1.29, 1.82) is 0 Å². The van der Waals surface area contributed by atoms with Gasteiger partial charge in [-0.05, 0) is 26.1 Å². The van der Waals surface area contributed by atoms with Gasteiger partial charge in [0.1, 0.15) is 5.82 Å². The molecule has 0 aliphatic heterocycles. The van der Waals surface area contributed by atoms with E-state index < -0.39 is 0 Å². The minimum absolute atomic E-state index is 0.234. The number of benzene rings is 1. The van der Waals surface area contributed by atoms with Gasteiger partial charge in [-0.2, -0.15) is 0 Å². The van der Waals surface area contributed by atoms with E-state index >= 15 is 0 Å². The largest absolute Gasteiger partial charge is 0.421 e. The summed E-state index contributed by atoms with van der Waals surface area (Å²) in [4.78, 5) is 0. The molecule has 2 rings (SSSR count). The highest BCUT2D eigenvalue weighted by Crippen LogP contribution is 2.22. The van der Waals surface area contributed by atoms with Gasteiger partial charge in [0.05, 0.1) is 5.56 Å². The molecule has 90 valence electrons. The number of hydrogen-bond donors (Lipinski definition) is 1. The molecule has 17 heavy (non-hydrogen) atoms. The van der Waals surface area contributed by atoms with Crippen LogP contribution in [-0.2, 0) is 6.42 Å².